The van der Waals surface area contributed by atoms with Gasteiger partial charge in [0.1, 0.15) is 11.6 Å². The molecule has 11 heavy (non-hydrogen) atoms. The Balaban J connectivity index is 3.06. The third-order valence-electron chi connectivity index (χ3n) is 0.981. The molecule has 0 aliphatic heterocycles. The number of nitrogens with one attached hydrogen (secondary N) is 1. The summed E-state index contributed by atoms with van der Waals surface area (Å²) in [5.41, 5.74) is 10.5. The maximum atomic E-state index is 8.46. The van der Waals surface area contributed by atoms with Crippen molar-refractivity contribution >= 4 is 11.8 Å². The summed E-state index contributed by atoms with van der Waals surface area (Å²) in [6.45, 7) is 0. The Kier molecular flexibility index (Phi) is 1.74. The molecule has 0 saturated carbocycles. The first-order valence-corrected chi connectivity index (χ1v) is 2.77. The molecule has 0 aliphatic rings. The molecule has 0 bridgehead atoms. The molecule has 5 N–H and O–H groups in total. The van der Waals surface area contributed by atoms with E-state index >= 15 is 0 Å². The Morgan fingerprint density at radius 3 is 3.00 bits per heavy atom. The molecule has 0 spiro atoms. The van der Waals surface area contributed by atoms with Gasteiger partial charge in [0.05, 0.1) is 6.20 Å². The molecule has 0 amide bonds. The minimum absolute atomic E-state index is 0.106. The average Bonchev–Trinajstić information content (AvgIpc) is 2.34. The molecule has 0 radical (unpaired) electrons. The Morgan fingerprint density at radius 1 is 1.73 bits per heavy atom. The number of aromatic nitrogens is 2. The Labute approximate surface area is 62.5 Å². The van der Waals surface area contributed by atoms with Crippen LogP contribution in [0.2, 0.25) is 0 Å². The molecule has 0 aliphatic carbocycles. The lowest BCUT2D eigenvalue weighted by Crippen LogP contribution is -2.22. The van der Waals surface area contributed by atoms with Crippen molar-refractivity contribution in [1.82, 2.24) is 10.2 Å². The smallest absolute Gasteiger partial charge is 0.192 e. The van der Waals surface area contributed by atoms with E-state index in [1.807, 2.05) is 6.07 Å². The number of nitrogens with two attached hydrogens (primary N) is 2. The molecule has 0 saturated heterocycles. The van der Waals surface area contributed by atoms with Crippen LogP contribution < -0.4 is 11.5 Å². The van der Waals surface area contributed by atoms with Gasteiger partial charge in [0.15, 0.2) is 11.8 Å². The lowest BCUT2D eigenvalue weighted by molar-refractivity contribution is 1.08. The number of nitrogens with zero attached hydrogens (tertiary/aromatic N) is 3. The number of aliphatic imine (C=N–C) groups is 1. The predicted molar refractivity (Wildman–Crippen MR) is 38.8 cm³/mol. The number of H-pyrrole nitrogens is 1. The van der Waals surface area contributed by atoms with Gasteiger partial charge in [-0.25, -0.2) is 0 Å². The van der Waals surface area contributed by atoms with Crippen molar-refractivity contribution in [2.75, 3.05) is 0 Å². The second-order valence-electron chi connectivity index (χ2n) is 1.78. The summed E-state index contributed by atoms with van der Waals surface area (Å²) in [7, 11) is 0. The van der Waals surface area contributed by atoms with E-state index in [2.05, 4.69) is 15.2 Å². The number of nitriles is 1. The fraction of sp³-hybridized carbons (Fsp3) is 0. The Hall–Kier alpha value is -2.03. The van der Waals surface area contributed by atoms with Crippen LogP contribution in [0.15, 0.2) is 11.2 Å². The van der Waals surface area contributed by atoms with E-state index < -0.39 is 0 Å². The van der Waals surface area contributed by atoms with Crippen LogP contribution >= 0.6 is 0 Å². The maximum Gasteiger partial charge on any atom is 0.192 e. The molecule has 6 nitrogen and oxygen atoms in total. The molecular weight excluding hydrogens is 144 g/mol. The average molecular weight is 150 g/mol. The highest BCUT2D eigenvalue weighted by molar-refractivity contribution is 5.79. The SMILES string of the molecule is N#Cc1cn[nH]c1N=C(N)N. The molecule has 6 heteroatoms. The van der Waals surface area contributed by atoms with E-state index in [1.54, 1.807) is 0 Å². The zero-order chi connectivity index (χ0) is 8.27. The summed E-state index contributed by atoms with van der Waals surface area (Å²) < 4.78 is 0. The molecular formula is C5H6N6. The van der Waals surface area contributed by atoms with E-state index in [0.29, 0.717) is 5.56 Å². The van der Waals surface area contributed by atoms with E-state index in [9.17, 15) is 0 Å². The molecule has 56 valence electrons. The minimum atomic E-state index is -0.106. The molecule has 1 aromatic rings. The molecule has 1 rings (SSSR count). The second kappa shape index (κ2) is 2.70. The van der Waals surface area contributed by atoms with Gasteiger partial charge in [0, 0.05) is 0 Å². The van der Waals surface area contributed by atoms with Gasteiger partial charge in [0.25, 0.3) is 0 Å². The fourth-order valence-corrected chi connectivity index (χ4v) is 0.575. The number of rotatable bonds is 1. The number of hydrogen-bond donors (Lipinski definition) is 3. The lowest BCUT2D eigenvalue weighted by Gasteiger charge is -1.88. The second-order valence-corrected chi connectivity index (χ2v) is 1.78. The quantitative estimate of drug-likeness (QED) is 0.358. The maximum absolute atomic E-state index is 8.46. The predicted octanol–water partition coefficient (Wildman–Crippen LogP) is -0.814. The Bertz CT molecular complexity index is 312. The van der Waals surface area contributed by atoms with Gasteiger partial charge in [0.2, 0.25) is 0 Å². The number of hydrogen-bond acceptors (Lipinski definition) is 3. The Morgan fingerprint density at radius 2 is 2.45 bits per heavy atom. The van der Waals surface area contributed by atoms with Crippen LogP contribution in [0.4, 0.5) is 5.82 Å². The van der Waals surface area contributed by atoms with Crippen LogP contribution in [-0.2, 0) is 0 Å². The van der Waals surface area contributed by atoms with Gasteiger partial charge in [-0.3, -0.25) is 5.10 Å². The first-order valence-electron chi connectivity index (χ1n) is 2.77. The fourth-order valence-electron chi connectivity index (χ4n) is 0.575. The summed E-state index contributed by atoms with van der Waals surface area (Å²) in [4.78, 5) is 3.62. The van der Waals surface area contributed by atoms with Crippen molar-refractivity contribution in [1.29, 1.82) is 5.26 Å². The summed E-state index contributed by atoms with van der Waals surface area (Å²) in [6.07, 6.45) is 1.35. The highest BCUT2D eigenvalue weighted by atomic mass is 15.2. The third kappa shape index (κ3) is 1.46. The molecule has 0 aromatic carbocycles. The number of aromatic amines is 1. The highest BCUT2D eigenvalue weighted by Gasteiger charge is 2.00. The van der Waals surface area contributed by atoms with Crippen molar-refractivity contribution in [2.24, 2.45) is 16.5 Å². The van der Waals surface area contributed by atoms with Crippen molar-refractivity contribution < 1.29 is 0 Å². The minimum Gasteiger partial charge on any atom is -0.370 e. The van der Waals surface area contributed by atoms with Gasteiger partial charge in [-0.15, -0.1) is 0 Å². The third-order valence-corrected chi connectivity index (χ3v) is 0.981. The number of guanidine groups is 1. The van der Waals surface area contributed by atoms with Gasteiger partial charge in [-0.05, 0) is 0 Å². The zero-order valence-corrected chi connectivity index (χ0v) is 5.57. The molecule has 0 unspecified atom stereocenters. The largest absolute Gasteiger partial charge is 0.370 e. The zero-order valence-electron chi connectivity index (χ0n) is 5.57. The standard InChI is InChI=1S/C5H6N6/c6-1-3-2-9-11-4(3)10-5(7)8/h2H,(H5,7,8,9,10,11). The molecule has 0 atom stereocenters. The van der Waals surface area contributed by atoms with Crippen molar-refractivity contribution in [3.8, 4) is 6.07 Å². The normalized spacial score (nSPS) is 8.64. The van der Waals surface area contributed by atoms with Crippen LogP contribution in [0.3, 0.4) is 0 Å². The topological polar surface area (TPSA) is 117 Å². The summed E-state index contributed by atoms with van der Waals surface area (Å²) in [5.74, 6) is 0.179. The molecule has 0 fully saturated rings. The van der Waals surface area contributed by atoms with Gasteiger partial charge < -0.3 is 11.5 Å². The first kappa shape index (κ1) is 7.08. The summed E-state index contributed by atoms with van der Waals surface area (Å²) >= 11 is 0. The van der Waals surface area contributed by atoms with Crippen LogP contribution in [0.1, 0.15) is 5.56 Å². The van der Waals surface area contributed by atoms with E-state index in [4.69, 9.17) is 16.7 Å². The van der Waals surface area contributed by atoms with E-state index in [1.165, 1.54) is 6.20 Å². The van der Waals surface area contributed by atoms with Crippen molar-refractivity contribution in [3.63, 3.8) is 0 Å². The monoisotopic (exact) mass is 150 g/mol. The van der Waals surface area contributed by atoms with E-state index in [0.717, 1.165) is 0 Å². The van der Waals surface area contributed by atoms with E-state index in [-0.39, 0.29) is 11.8 Å². The van der Waals surface area contributed by atoms with Crippen LogP contribution in [-0.4, -0.2) is 16.2 Å². The van der Waals surface area contributed by atoms with Gasteiger partial charge >= 0.3 is 0 Å². The molecule has 1 aromatic heterocycles. The van der Waals surface area contributed by atoms with Crippen molar-refractivity contribution in [2.45, 2.75) is 0 Å². The van der Waals surface area contributed by atoms with Crippen LogP contribution in [0.25, 0.3) is 0 Å². The van der Waals surface area contributed by atoms with Crippen LogP contribution in [0.5, 0.6) is 0 Å². The van der Waals surface area contributed by atoms with Gasteiger partial charge in [-0.2, -0.15) is 15.4 Å². The lowest BCUT2D eigenvalue weighted by atomic mass is 10.4. The van der Waals surface area contributed by atoms with Crippen molar-refractivity contribution in [3.05, 3.63) is 11.8 Å². The van der Waals surface area contributed by atoms with Gasteiger partial charge in [-0.1, -0.05) is 0 Å². The van der Waals surface area contributed by atoms with Crippen LogP contribution in [0, 0.1) is 11.3 Å². The highest BCUT2D eigenvalue weighted by Crippen LogP contribution is 2.11. The first-order chi connectivity index (χ1) is 5.24. The summed E-state index contributed by atoms with van der Waals surface area (Å²) in [5, 5.41) is 14.5. The summed E-state index contributed by atoms with van der Waals surface area (Å²) in [6, 6.07) is 1.87. The molecule has 1 heterocycles.